The lowest BCUT2D eigenvalue weighted by Gasteiger charge is -2.33. The third kappa shape index (κ3) is 15.2. The van der Waals surface area contributed by atoms with Crippen LogP contribution in [0.25, 0.3) is 0 Å². The van der Waals surface area contributed by atoms with Gasteiger partial charge in [-0.3, -0.25) is 0 Å². The number of aromatic hydroxyl groups is 1. The Kier molecular flexibility index (Phi) is 18.2. The van der Waals surface area contributed by atoms with Gasteiger partial charge in [-0.1, -0.05) is 109 Å². The zero-order valence-electron chi connectivity index (χ0n) is 29.9. The van der Waals surface area contributed by atoms with Crippen molar-refractivity contribution >= 4 is 12.1 Å². The van der Waals surface area contributed by atoms with Crippen molar-refractivity contribution < 1.29 is 44.2 Å². The summed E-state index contributed by atoms with van der Waals surface area (Å²) >= 11 is 0. The second-order valence-corrected chi connectivity index (χ2v) is 13.7. The van der Waals surface area contributed by atoms with E-state index in [0.717, 1.165) is 0 Å². The third-order valence-corrected chi connectivity index (χ3v) is 9.29. The average molecular weight is 683 g/mol. The van der Waals surface area contributed by atoms with Gasteiger partial charge in [0.05, 0.1) is 18.3 Å². The highest BCUT2D eigenvalue weighted by molar-refractivity contribution is 5.82. The van der Waals surface area contributed by atoms with Crippen LogP contribution in [0.15, 0.2) is 85.5 Å². The number of allylic oxidation sites excluding steroid dienone is 4. The molecule has 11 atom stereocenters. The zero-order chi connectivity index (χ0) is 36.5. The van der Waals surface area contributed by atoms with E-state index >= 15 is 0 Å². The first-order valence-corrected chi connectivity index (χ1v) is 17.4. The molecule has 1 aromatic rings. The first kappa shape index (κ1) is 41.5. The van der Waals surface area contributed by atoms with Gasteiger partial charge in [-0.05, 0) is 48.8 Å². The summed E-state index contributed by atoms with van der Waals surface area (Å²) in [5.41, 5.74) is 0.685. The summed E-state index contributed by atoms with van der Waals surface area (Å²) in [5.74, 6) is -1.57. The normalized spacial score (nSPS) is 33.9. The lowest BCUT2D eigenvalue weighted by Crippen LogP contribution is -2.39. The van der Waals surface area contributed by atoms with Crippen molar-refractivity contribution in [2.75, 3.05) is 0 Å². The number of ether oxygens (including phenoxy) is 3. The molecule has 1 aliphatic heterocycles. The molecular weight excluding hydrogens is 624 g/mol. The van der Waals surface area contributed by atoms with Crippen molar-refractivity contribution in [3.05, 3.63) is 91.1 Å². The molecule has 272 valence electrons. The molecule has 0 amide bonds. The molecule has 1 heterocycles. The van der Waals surface area contributed by atoms with Crippen LogP contribution >= 0.6 is 0 Å². The Hall–Kier alpha value is -3.66. The van der Waals surface area contributed by atoms with E-state index in [1.54, 1.807) is 54.7 Å². The summed E-state index contributed by atoms with van der Waals surface area (Å²) in [5, 5.41) is 41.8. The number of cyclic esters (lactones) is 1. The zero-order valence-corrected chi connectivity index (χ0v) is 29.9. The fraction of sp³-hybridized carbons (Fsp3) is 0.550. The Labute approximate surface area is 292 Å². The van der Waals surface area contributed by atoms with Gasteiger partial charge in [-0.15, -0.1) is 0 Å². The van der Waals surface area contributed by atoms with Gasteiger partial charge in [-0.2, -0.15) is 0 Å². The molecule has 0 aromatic heterocycles. The minimum absolute atomic E-state index is 0.0411. The van der Waals surface area contributed by atoms with Crippen LogP contribution in [0.5, 0.6) is 5.75 Å². The van der Waals surface area contributed by atoms with E-state index in [9.17, 15) is 30.0 Å². The van der Waals surface area contributed by atoms with Crippen LogP contribution in [0, 0.1) is 35.5 Å². The lowest BCUT2D eigenvalue weighted by molar-refractivity contribution is -0.150. The number of phenolic OH excluding ortho intramolecular Hbond substituents is 1. The molecule has 0 spiro atoms. The summed E-state index contributed by atoms with van der Waals surface area (Å²) in [4.78, 5) is 26.1. The molecular formula is C40H58O9. The van der Waals surface area contributed by atoms with E-state index in [0.29, 0.717) is 24.8 Å². The summed E-state index contributed by atoms with van der Waals surface area (Å²) in [6, 6.07) is 6.32. The molecule has 0 bridgehead atoms. The molecule has 0 radical (unpaired) electrons. The van der Waals surface area contributed by atoms with E-state index in [1.807, 2.05) is 40.7 Å². The first-order chi connectivity index (χ1) is 23.2. The predicted octanol–water partition coefficient (Wildman–Crippen LogP) is 7.21. The molecule has 4 N–H and O–H groups in total. The van der Waals surface area contributed by atoms with Crippen molar-refractivity contribution in [3.63, 3.8) is 0 Å². The summed E-state index contributed by atoms with van der Waals surface area (Å²) in [6.07, 6.45) is 12.4. The second-order valence-electron chi connectivity index (χ2n) is 13.7. The topological polar surface area (TPSA) is 143 Å². The molecule has 49 heavy (non-hydrogen) atoms. The van der Waals surface area contributed by atoms with Gasteiger partial charge >= 0.3 is 12.1 Å². The van der Waals surface area contributed by atoms with Crippen LogP contribution in [-0.4, -0.2) is 63.1 Å². The maximum atomic E-state index is 13.1. The molecule has 0 fully saturated rings. The third-order valence-electron chi connectivity index (χ3n) is 9.29. The predicted molar refractivity (Wildman–Crippen MR) is 191 cm³/mol. The first-order valence-electron chi connectivity index (χ1n) is 17.4. The van der Waals surface area contributed by atoms with Crippen LogP contribution in [0.3, 0.4) is 0 Å². The fourth-order valence-electron chi connectivity index (χ4n) is 6.08. The van der Waals surface area contributed by atoms with Crippen molar-refractivity contribution in [3.8, 4) is 5.75 Å². The van der Waals surface area contributed by atoms with E-state index in [4.69, 9.17) is 14.2 Å². The van der Waals surface area contributed by atoms with E-state index in [2.05, 4.69) is 13.5 Å². The van der Waals surface area contributed by atoms with Crippen LogP contribution in [0.4, 0.5) is 4.79 Å². The van der Waals surface area contributed by atoms with Crippen LogP contribution < -0.4 is 0 Å². The van der Waals surface area contributed by atoms with Crippen LogP contribution in [-0.2, 0) is 25.6 Å². The van der Waals surface area contributed by atoms with Gasteiger partial charge in [0.1, 0.15) is 24.6 Å². The fourth-order valence-corrected chi connectivity index (χ4v) is 6.08. The number of carbonyl (C=O) groups excluding carboxylic acids is 2. The molecule has 1 aromatic carbocycles. The van der Waals surface area contributed by atoms with Crippen molar-refractivity contribution in [2.45, 2.75) is 104 Å². The molecule has 0 saturated heterocycles. The number of carbonyl (C=O) groups is 2. The molecule has 9 heteroatoms. The van der Waals surface area contributed by atoms with Gasteiger partial charge in [0.2, 0.25) is 0 Å². The van der Waals surface area contributed by atoms with Crippen LogP contribution in [0.2, 0.25) is 0 Å². The summed E-state index contributed by atoms with van der Waals surface area (Å²) in [7, 11) is 0. The minimum atomic E-state index is -0.876. The molecule has 1 aliphatic rings. The number of hydrogen-bond donors (Lipinski definition) is 4. The smallest absolute Gasteiger partial charge is 0.508 e. The number of aliphatic hydroxyl groups excluding tert-OH is 3. The van der Waals surface area contributed by atoms with Crippen molar-refractivity contribution in [1.82, 2.24) is 0 Å². The standard InChI is InChI=1S/C40H58O9/c1-8-9-12-29(5)39-31(7)36(48-40(46)47-25-32-17-20-33(41)21-18-32)22-15-26(2)23-30(6)38(45)28(4)16-19-34(42)24-35(43)27(3)13-10-11-14-37(44)49-39/h8-14,16-21,26-31,34-36,38-39,41-43,45H,1,15,22-25H2,2-7H3/b12-9-,13-10+,14-11-,19-16-/t26-,27+,28-,29-,30-,31-,34+,35-,36+,38-,39-/m0/s1. The van der Waals surface area contributed by atoms with Crippen molar-refractivity contribution in [2.24, 2.45) is 35.5 Å². The monoisotopic (exact) mass is 682 g/mol. The Balaban J connectivity index is 2.39. The quantitative estimate of drug-likeness (QED) is 0.139. The maximum absolute atomic E-state index is 13.1. The number of rotatable bonds is 6. The van der Waals surface area contributed by atoms with Gasteiger partial charge in [-0.25, -0.2) is 9.59 Å². The second kappa shape index (κ2) is 21.4. The number of phenols is 1. The molecule has 0 saturated carbocycles. The molecule has 2 rings (SSSR count). The summed E-state index contributed by atoms with van der Waals surface area (Å²) < 4.78 is 17.4. The average Bonchev–Trinajstić information content (AvgIpc) is 3.07. The Bertz CT molecular complexity index is 1270. The largest absolute Gasteiger partial charge is 0.508 e. The summed E-state index contributed by atoms with van der Waals surface area (Å²) in [6.45, 7) is 15.3. The highest BCUT2D eigenvalue weighted by Gasteiger charge is 2.35. The number of hydrogen-bond acceptors (Lipinski definition) is 9. The van der Waals surface area contributed by atoms with Gasteiger partial charge in [0.15, 0.2) is 0 Å². The Morgan fingerprint density at radius 2 is 1.67 bits per heavy atom. The van der Waals surface area contributed by atoms with Crippen molar-refractivity contribution in [1.29, 1.82) is 0 Å². The molecule has 0 unspecified atom stereocenters. The number of aliphatic hydroxyl groups is 3. The maximum Gasteiger partial charge on any atom is 0.508 e. The van der Waals surface area contributed by atoms with Gasteiger partial charge < -0.3 is 34.6 Å². The SMILES string of the molecule is C=C/C=C\[C@H](C)[C@@H]1OC(=O)/C=C\C=C\[C@@H](C)[C@@H](O)C[C@H](O)/C=C\[C@H](C)[C@H](O)[C@@H](C)C[C@@H](C)CC[C@@H](OC(=O)OCc2ccc(O)cc2)[C@@H]1C. The minimum Gasteiger partial charge on any atom is -0.508 e. The lowest BCUT2D eigenvalue weighted by atomic mass is 9.82. The van der Waals surface area contributed by atoms with E-state index < -0.39 is 48.6 Å². The number of esters is 1. The van der Waals surface area contributed by atoms with Gasteiger partial charge in [0.25, 0.3) is 0 Å². The van der Waals surface area contributed by atoms with E-state index in [-0.39, 0.29) is 48.4 Å². The molecule has 0 aliphatic carbocycles. The molecule has 9 nitrogen and oxygen atoms in total. The van der Waals surface area contributed by atoms with E-state index in [1.165, 1.54) is 18.2 Å². The Morgan fingerprint density at radius 1 is 0.980 bits per heavy atom. The highest BCUT2D eigenvalue weighted by Crippen LogP contribution is 2.30. The van der Waals surface area contributed by atoms with Gasteiger partial charge in [0, 0.05) is 36.2 Å². The Morgan fingerprint density at radius 3 is 2.35 bits per heavy atom. The van der Waals surface area contributed by atoms with Crippen LogP contribution in [0.1, 0.15) is 72.8 Å². The number of benzene rings is 1. The highest BCUT2D eigenvalue weighted by atomic mass is 16.7.